The molecule has 8 heteroatoms. The van der Waals surface area contributed by atoms with Crippen molar-refractivity contribution < 1.29 is 18.3 Å². The van der Waals surface area contributed by atoms with Crippen LogP contribution in [0.15, 0.2) is 12.1 Å². The number of nitrogens with zero attached hydrogens (tertiary/aromatic N) is 2. The Bertz CT molecular complexity index is 452. The standard InChI is InChI=1S/C11H15F3N4O/c12-11(13,14)8-3-9(17-15)16-10(4-8)18-2-1-7(5-18)6-19/h3-4,7,19H,1-2,5-6,15H2,(H,16,17). The molecule has 1 aliphatic rings. The second-order valence-electron chi connectivity index (χ2n) is 4.52. The van der Waals surface area contributed by atoms with Gasteiger partial charge in [0.05, 0.1) is 5.56 Å². The van der Waals surface area contributed by atoms with E-state index in [0.29, 0.717) is 13.1 Å². The fraction of sp³-hybridized carbons (Fsp3) is 0.545. The zero-order chi connectivity index (χ0) is 14.0. The number of alkyl halides is 3. The van der Waals surface area contributed by atoms with Gasteiger partial charge in [0.1, 0.15) is 11.6 Å². The predicted molar refractivity (Wildman–Crippen MR) is 64.5 cm³/mol. The first-order chi connectivity index (χ1) is 8.94. The molecule has 0 spiro atoms. The summed E-state index contributed by atoms with van der Waals surface area (Å²) >= 11 is 0. The lowest BCUT2D eigenvalue weighted by Crippen LogP contribution is -2.23. The summed E-state index contributed by atoms with van der Waals surface area (Å²) in [5, 5.41) is 9.06. The maximum atomic E-state index is 12.8. The molecule has 5 nitrogen and oxygen atoms in total. The van der Waals surface area contributed by atoms with Gasteiger partial charge in [-0.3, -0.25) is 0 Å². The molecule has 1 aromatic rings. The van der Waals surface area contributed by atoms with E-state index in [1.54, 1.807) is 4.90 Å². The van der Waals surface area contributed by atoms with E-state index in [-0.39, 0.29) is 24.2 Å². The zero-order valence-electron chi connectivity index (χ0n) is 10.1. The molecule has 2 rings (SSSR count). The quantitative estimate of drug-likeness (QED) is 0.571. The minimum absolute atomic E-state index is 0.0253. The lowest BCUT2D eigenvalue weighted by Gasteiger charge is -2.19. The molecule has 0 amide bonds. The van der Waals surface area contributed by atoms with Crippen LogP contribution in [0.5, 0.6) is 0 Å². The molecule has 2 heterocycles. The maximum Gasteiger partial charge on any atom is 0.416 e. The number of nitrogens with one attached hydrogen (secondary N) is 1. The summed E-state index contributed by atoms with van der Waals surface area (Å²) in [4.78, 5) is 5.74. The fourth-order valence-electron chi connectivity index (χ4n) is 2.11. The van der Waals surface area contributed by atoms with Gasteiger partial charge in [-0.2, -0.15) is 13.2 Å². The lowest BCUT2D eigenvalue weighted by molar-refractivity contribution is -0.137. The Morgan fingerprint density at radius 3 is 2.74 bits per heavy atom. The number of pyridine rings is 1. The summed E-state index contributed by atoms with van der Waals surface area (Å²) in [5.41, 5.74) is 1.35. The molecule has 19 heavy (non-hydrogen) atoms. The van der Waals surface area contributed by atoms with Crippen LogP contribution in [0, 0.1) is 5.92 Å². The van der Waals surface area contributed by atoms with Crippen molar-refractivity contribution in [2.45, 2.75) is 12.6 Å². The predicted octanol–water partition coefficient (Wildman–Crippen LogP) is 1.20. The number of nitrogen functional groups attached to an aromatic ring is 1. The van der Waals surface area contributed by atoms with Gasteiger partial charge in [0.2, 0.25) is 0 Å². The van der Waals surface area contributed by atoms with Gasteiger partial charge in [0.15, 0.2) is 0 Å². The monoisotopic (exact) mass is 276 g/mol. The zero-order valence-corrected chi connectivity index (χ0v) is 10.1. The molecule has 1 fully saturated rings. The number of rotatable bonds is 3. The molecule has 1 aromatic heterocycles. The van der Waals surface area contributed by atoms with E-state index in [1.807, 2.05) is 0 Å². The summed E-state index contributed by atoms with van der Waals surface area (Å²) in [7, 11) is 0. The third-order valence-electron chi connectivity index (χ3n) is 3.16. The van der Waals surface area contributed by atoms with Gasteiger partial charge in [0, 0.05) is 25.6 Å². The Labute approximate surface area is 108 Å². The maximum absolute atomic E-state index is 12.8. The number of aliphatic hydroxyl groups excluding tert-OH is 1. The first-order valence-electron chi connectivity index (χ1n) is 5.85. The van der Waals surface area contributed by atoms with E-state index >= 15 is 0 Å². The van der Waals surface area contributed by atoms with E-state index in [9.17, 15) is 13.2 Å². The smallest absolute Gasteiger partial charge is 0.396 e. The summed E-state index contributed by atoms with van der Waals surface area (Å²) in [6.45, 7) is 1.09. The van der Waals surface area contributed by atoms with Crippen molar-refractivity contribution >= 4 is 11.6 Å². The Morgan fingerprint density at radius 1 is 1.47 bits per heavy atom. The molecule has 4 N–H and O–H groups in total. The molecule has 0 radical (unpaired) electrons. The molecule has 0 saturated carbocycles. The second-order valence-corrected chi connectivity index (χ2v) is 4.52. The number of hydrogen-bond acceptors (Lipinski definition) is 5. The molecule has 0 aliphatic carbocycles. The average molecular weight is 276 g/mol. The fourth-order valence-corrected chi connectivity index (χ4v) is 2.11. The molecule has 0 aromatic carbocycles. The van der Waals surface area contributed by atoms with Crippen LogP contribution in [0.1, 0.15) is 12.0 Å². The van der Waals surface area contributed by atoms with E-state index in [4.69, 9.17) is 10.9 Å². The summed E-state index contributed by atoms with van der Waals surface area (Å²) in [6.07, 6.45) is -3.71. The minimum atomic E-state index is -4.45. The van der Waals surface area contributed by atoms with Crippen LogP contribution in [0.2, 0.25) is 0 Å². The third kappa shape index (κ3) is 3.07. The van der Waals surface area contributed by atoms with Crippen molar-refractivity contribution in [2.24, 2.45) is 11.8 Å². The van der Waals surface area contributed by atoms with E-state index in [1.165, 1.54) is 0 Å². The average Bonchev–Trinajstić information content (AvgIpc) is 2.86. The van der Waals surface area contributed by atoms with Crippen molar-refractivity contribution in [1.82, 2.24) is 4.98 Å². The molecule has 0 bridgehead atoms. The molecule has 1 atom stereocenters. The molecule has 106 valence electrons. The van der Waals surface area contributed by atoms with Crippen molar-refractivity contribution in [3.8, 4) is 0 Å². The highest BCUT2D eigenvalue weighted by Gasteiger charge is 2.33. The largest absolute Gasteiger partial charge is 0.416 e. The number of aliphatic hydroxyl groups is 1. The van der Waals surface area contributed by atoms with Crippen molar-refractivity contribution in [3.05, 3.63) is 17.7 Å². The lowest BCUT2D eigenvalue weighted by atomic mass is 10.1. The minimum Gasteiger partial charge on any atom is -0.396 e. The number of nitrogens with two attached hydrogens (primary N) is 1. The van der Waals surface area contributed by atoms with E-state index < -0.39 is 11.7 Å². The molecular formula is C11H15F3N4O. The third-order valence-corrected chi connectivity index (χ3v) is 3.16. The van der Waals surface area contributed by atoms with Crippen LogP contribution in [-0.4, -0.2) is 29.8 Å². The van der Waals surface area contributed by atoms with Gasteiger partial charge in [-0.1, -0.05) is 0 Å². The number of halogens is 3. The van der Waals surface area contributed by atoms with Gasteiger partial charge in [-0.15, -0.1) is 0 Å². The normalized spacial score (nSPS) is 19.8. The number of hydrazine groups is 1. The Balaban J connectivity index is 2.30. The van der Waals surface area contributed by atoms with Crippen LogP contribution in [0.4, 0.5) is 24.8 Å². The highest BCUT2D eigenvalue weighted by molar-refractivity contribution is 5.51. The van der Waals surface area contributed by atoms with Crippen molar-refractivity contribution in [3.63, 3.8) is 0 Å². The molecule has 1 unspecified atom stereocenters. The highest BCUT2D eigenvalue weighted by Crippen LogP contribution is 2.33. The number of hydrogen-bond donors (Lipinski definition) is 3. The van der Waals surface area contributed by atoms with Gasteiger partial charge in [-0.05, 0) is 18.6 Å². The van der Waals surface area contributed by atoms with Crippen LogP contribution in [0.3, 0.4) is 0 Å². The number of aromatic nitrogens is 1. The van der Waals surface area contributed by atoms with E-state index in [2.05, 4.69) is 10.4 Å². The Hall–Kier alpha value is -1.54. The topological polar surface area (TPSA) is 74.4 Å². The number of anilines is 2. The van der Waals surface area contributed by atoms with Crippen LogP contribution in [0.25, 0.3) is 0 Å². The van der Waals surface area contributed by atoms with Crippen molar-refractivity contribution in [2.75, 3.05) is 30.0 Å². The van der Waals surface area contributed by atoms with Crippen LogP contribution in [-0.2, 0) is 6.18 Å². The molecule has 1 aliphatic heterocycles. The van der Waals surface area contributed by atoms with Gasteiger partial charge >= 0.3 is 6.18 Å². The van der Waals surface area contributed by atoms with Crippen LogP contribution < -0.4 is 16.2 Å². The van der Waals surface area contributed by atoms with Crippen LogP contribution >= 0.6 is 0 Å². The van der Waals surface area contributed by atoms with E-state index in [0.717, 1.165) is 18.6 Å². The van der Waals surface area contributed by atoms with Gasteiger partial charge in [-0.25, -0.2) is 10.8 Å². The van der Waals surface area contributed by atoms with Gasteiger partial charge in [0.25, 0.3) is 0 Å². The molecule has 1 saturated heterocycles. The second kappa shape index (κ2) is 5.22. The first kappa shape index (κ1) is 13.9. The summed E-state index contributed by atoms with van der Waals surface area (Å²) < 4.78 is 38.3. The Kier molecular flexibility index (Phi) is 3.81. The highest BCUT2D eigenvalue weighted by atomic mass is 19.4. The van der Waals surface area contributed by atoms with Crippen molar-refractivity contribution in [1.29, 1.82) is 0 Å². The SMILES string of the molecule is NNc1cc(C(F)(F)F)cc(N2CCC(CO)C2)n1. The Morgan fingerprint density at radius 2 is 2.21 bits per heavy atom. The summed E-state index contributed by atoms with van der Waals surface area (Å²) in [6, 6.07) is 1.86. The first-order valence-corrected chi connectivity index (χ1v) is 5.85. The summed E-state index contributed by atoms with van der Waals surface area (Å²) in [5.74, 6) is 5.41. The van der Waals surface area contributed by atoms with Gasteiger partial charge < -0.3 is 15.4 Å². The molecular weight excluding hydrogens is 261 g/mol.